The third-order valence-corrected chi connectivity index (χ3v) is 3.26. The predicted molar refractivity (Wildman–Crippen MR) is 73.2 cm³/mol. The first-order valence-corrected chi connectivity index (χ1v) is 6.45. The maximum Gasteiger partial charge on any atom is 0.419 e. The van der Waals surface area contributed by atoms with E-state index < -0.39 is 23.6 Å². The number of hydrogen-bond donors (Lipinski definition) is 1. The van der Waals surface area contributed by atoms with Crippen molar-refractivity contribution in [2.75, 3.05) is 0 Å². The maximum atomic E-state index is 13.2. The summed E-state index contributed by atoms with van der Waals surface area (Å²) in [5.74, 6) is -1.28. The zero-order valence-corrected chi connectivity index (χ0v) is 11.4. The van der Waals surface area contributed by atoms with E-state index in [2.05, 4.69) is 0 Å². The van der Waals surface area contributed by atoms with E-state index in [4.69, 9.17) is 5.73 Å². The number of hydrogen-bond acceptors (Lipinski definition) is 1. The summed E-state index contributed by atoms with van der Waals surface area (Å²) < 4.78 is 51.3. The van der Waals surface area contributed by atoms with Gasteiger partial charge in [0.05, 0.1) is 5.56 Å². The summed E-state index contributed by atoms with van der Waals surface area (Å²) in [5.41, 5.74) is 6.92. The smallest absolute Gasteiger partial charge is 0.324 e. The predicted octanol–water partition coefficient (Wildman–Crippen LogP) is 4.40. The van der Waals surface area contributed by atoms with Crippen LogP contribution >= 0.6 is 0 Å². The standard InChI is InChI=1S/C16H15F4N/c1-10-3-2-4-11(7-10)8-15(21)12-5-6-14(17)13(9-12)16(18,19)20/h2-7,9,15H,8,21H2,1H3. The molecule has 1 unspecified atom stereocenters. The van der Waals surface area contributed by atoms with Crippen LogP contribution in [-0.4, -0.2) is 0 Å². The molecule has 2 aromatic carbocycles. The van der Waals surface area contributed by atoms with Crippen molar-refractivity contribution in [2.45, 2.75) is 25.6 Å². The number of alkyl halides is 3. The number of nitrogens with two attached hydrogens (primary N) is 1. The first-order valence-electron chi connectivity index (χ1n) is 6.45. The van der Waals surface area contributed by atoms with Crippen LogP contribution in [0.5, 0.6) is 0 Å². The van der Waals surface area contributed by atoms with Gasteiger partial charge in [-0.25, -0.2) is 4.39 Å². The van der Waals surface area contributed by atoms with E-state index >= 15 is 0 Å². The summed E-state index contributed by atoms with van der Waals surface area (Å²) in [4.78, 5) is 0. The monoisotopic (exact) mass is 297 g/mol. The van der Waals surface area contributed by atoms with Gasteiger partial charge in [0, 0.05) is 6.04 Å². The zero-order valence-electron chi connectivity index (χ0n) is 11.4. The lowest BCUT2D eigenvalue weighted by Gasteiger charge is -2.15. The third-order valence-electron chi connectivity index (χ3n) is 3.26. The minimum Gasteiger partial charge on any atom is -0.324 e. The molecule has 1 atom stereocenters. The minimum atomic E-state index is -4.72. The zero-order chi connectivity index (χ0) is 15.6. The summed E-state index contributed by atoms with van der Waals surface area (Å²) >= 11 is 0. The lowest BCUT2D eigenvalue weighted by molar-refractivity contribution is -0.140. The molecule has 0 fully saturated rings. The third kappa shape index (κ3) is 3.82. The molecule has 112 valence electrons. The SMILES string of the molecule is Cc1cccc(CC(N)c2ccc(F)c(C(F)(F)F)c2)c1. The second kappa shape index (κ2) is 5.85. The first kappa shape index (κ1) is 15.5. The highest BCUT2D eigenvalue weighted by atomic mass is 19.4. The van der Waals surface area contributed by atoms with Crippen LogP contribution in [0.4, 0.5) is 17.6 Å². The normalized spacial score (nSPS) is 13.2. The van der Waals surface area contributed by atoms with Gasteiger partial charge in [0.1, 0.15) is 5.82 Å². The maximum absolute atomic E-state index is 13.2. The Morgan fingerprint density at radius 1 is 1.10 bits per heavy atom. The van der Waals surface area contributed by atoms with Gasteiger partial charge in [-0.2, -0.15) is 13.2 Å². The molecule has 21 heavy (non-hydrogen) atoms. The molecule has 0 spiro atoms. The minimum absolute atomic E-state index is 0.269. The van der Waals surface area contributed by atoms with Crippen molar-refractivity contribution in [3.63, 3.8) is 0 Å². The van der Waals surface area contributed by atoms with Gasteiger partial charge in [0.25, 0.3) is 0 Å². The molecule has 0 aliphatic heterocycles. The molecule has 2 aromatic rings. The number of benzene rings is 2. The second-order valence-corrected chi connectivity index (χ2v) is 5.04. The van der Waals surface area contributed by atoms with Crippen molar-refractivity contribution in [2.24, 2.45) is 5.73 Å². The van der Waals surface area contributed by atoms with E-state index in [1.165, 1.54) is 6.07 Å². The Labute approximate surface area is 120 Å². The Kier molecular flexibility index (Phi) is 4.32. The Balaban J connectivity index is 2.25. The van der Waals surface area contributed by atoms with Crippen LogP contribution in [-0.2, 0) is 12.6 Å². The lowest BCUT2D eigenvalue weighted by atomic mass is 9.97. The van der Waals surface area contributed by atoms with E-state index in [0.717, 1.165) is 23.3 Å². The summed E-state index contributed by atoms with van der Waals surface area (Å²) in [5, 5.41) is 0. The van der Waals surface area contributed by atoms with Gasteiger partial charge in [-0.1, -0.05) is 35.9 Å². The molecular formula is C16H15F4N. The van der Waals surface area contributed by atoms with E-state index in [0.29, 0.717) is 6.42 Å². The van der Waals surface area contributed by atoms with Crippen molar-refractivity contribution in [3.8, 4) is 0 Å². The van der Waals surface area contributed by atoms with E-state index in [1.807, 2.05) is 31.2 Å². The second-order valence-electron chi connectivity index (χ2n) is 5.04. The van der Waals surface area contributed by atoms with E-state index in [1.54, 1.807) is 0 Å². The summed E-state index contributed by atoms with van der Waals surface area (Å²) in [6.07, 6.45) is -4.33. The van der Waals surface area contributed by atoms with Gasteiger partial charge < -0.3 is 5.73 Å². The summed E-state index contributed by atoms with van der Waals surface area (Å²) in [7, 11) is 0. The Bertz CT molecular complexity index is 634. The molecule has 2 rings (SSSR count). The topological polar surface area (TPSA) is 26.0 Å². The van der Waals surface area contributed by atoms with Crippen LogP contribution in [0.15, 0.2) is 42.5 Å². The highest BCUT2D eigenvalue weighted by Gasteiger charge is 2.34. The largest absolute Gasteiger partial charge is 0.419 e. The Morgan fingerprint density at radius 2 is 1.81 bits per heavy atom. The van der Waals surface area contributed by atoms with Gasteiger partial charge in [0.2, 0.25) is 0 Å². The van der Waals surface area contributed by atoms with Crippen LogP contribution in [0.25, 0.3) is 0 Å². The fourth-order valence-electron chi connectivity index (χ4n) is 2.20. The Hall–Kier alpha value is -1.88. The van der Waals surface area contributed by atoms with Crippen LogP contribution in [0.2, 0.25) is 0 Å². The molecule has 1 nitrogen and oxygen atoms in total. The van der Waals surface area contributed by atoms with Crippen molar-refractivity contribution in [3.05, 3.63) is 70.5 Å². The summed E-state index contributed by atoms with van der Waals surface area (Å²) in [6, 6.07) is 9.86. The van der Waals surface area contributed by atoms with Crippen LogP contribution in [0.3, 0.4) is 0 Å². The van der Waals surface area contributed by atoms with Gasteiger partial charge in [-0.15, -0.1) is 0 Å². The molecule has 0 saturated heterocycles. The van der Waals surface area contributed by atoms with Crippen molar-refractivity contribution in [1.29, 1.82) is 0 Å². The fourth-order valence-corrected chi connectivity index (χ4v) is 2.20. The first-order chi connectivity index (χ1) is 9.77. The summed E-state index contributed by atoms with van der Waals surface area (Å²) in [6.45, 7) is 1.93. The molecule has 0 radical (unpaired) electrons. The Morgan fingerprint density at radius 3 is 2.43 bits per heavy atom. The molecule has 5 heteroatoms. The average molecular weight is 297 g/mol. The quantitative estimate of drug-likeness (QED) is 0.835. The van der Waals surface area contributed by atoms with Crippen LogP contribution in [0.1, 0.15) is 28.3 Å². The molecule has 0 aliphatic rings. The number of rotatable bonds is 3. The van der Waals surface area contributed by atoms with Crippen LogP contribution in [0, 0.1) is 12.7 Å². The number of halogens is 4. The highest BCUT2D eigenvalue weighted by Crippen LogP contribution is 2.33. The molecular weight excluding hydrogens is 282 g/mol. The molecule has 0 aliphatic carbocycles. The molecule has 0 heterocycles. The van der Waals surface area contributed by atoms with Gasteiger partial charge in [-0.05, 0) is 36.6 Å². The molecule has 0 aromatic heterocycles. The average Bonchev–Trinajstić information content (AvgIpc) is 2.37. The van der Waals surface area contributed by atoms with Gasteiger partial charge >= 0.3 is 6.18 Å². The lowest BCUT2D eigenvalue weighted by Crippen LogP contribution is -2.16. The highest BCUT2D eigenvalue weighted by molar-refractivity contribution is 5.31. The van der Waals surface area contributed by atoms with E-state index in [9.17, 15) is 17.6 Å². The van der Waals surface area contributed by atoms with Gasteiger partial charge in [0.15, 0.2) is 0 Å². The van der Waals surface area contributed by atoms with Crippen molar-refractivity contribution in [1.82, 2.24) is 0 Å². The van der Waals surface area contributed by atoms with E-state index in [-0.39, 0.29) is 5.56 Å². The number of aryl methyl sites for hydroxylation is 1. The molecule has 0 saturated carbocycles. The molecule has 2 N–H and O–H groups in total. The molecule has 0 amide bonds. The molecule has 0 bridgehead atoms. The van der Waals surface area contributed by atoms with Crippen molar-refractivity contribution < 1.29 is 17.6 Å². The van der Waals surface area contributed by atoms with Gasteiger partial charge in [-0.3, -0.25) is 0 Å². The van der Waals surface area contributed by atoms with Crippen LogP contribution < -0.4 is 5.73 Å². The van der Waals surface area contributed by atoms with Crippen molar-refractivity contribution >= 4 is 0 Å². The fraction of sp³-hybridized carbons (Fsp3) is 0.250.